The molecule has 1 aromatic heterocycles. The van der Waals surface area contributed by atoms with Gasteiger partial charge in [-0.3, -0.25) is 4.98 Å². The van der Waals surface area contributed by atoms with Crippen LogP contribution in [-0.2, 0) is 17.6 Å². The molecule has 1 aliphatic heterocycles. The van der Waals surface area contributed by atoms with Crippen LogP contribution >= 0.6 is 0 Å². The van der Waals surface area contributed by atoms with Crippen molar-refractivity contribution in [3.63, 3.8) is 0 Å². The molecular weight excluding hydrogens is 314 g/mol. The number of hydrogen-bond acceptors (Lipinski definition) is 5. The molecule has 5 heteroatoms. The van der Waals surface area contributed by atoms with Crippen molar-refractivity contribution in [1.29, 1.82) is 0 Å². The minimum atomic E-state index is -0.223. The van der Waals surface area contributed by atoms with E-state index in [4.69, 9.17) is 4.74 Å². The van der Waals surface area contributed by atoms with Gasteiger partial charge in [-0.2, -0.15) is 0 Å². The summed E-state index contributed by atoms with van der Waals surface area (Å²) in [5, 5.41) is 0. The Labute approximate surface area is 148 Å². The van der Waals surface area contributed by atoms with Crippen molar-refractivity contribution in [3.05, 3.63) is 53.5 Å². The molecule has 0 unspecified atom stereocenters. The van der Waals surface area contributed by atoms with E-state index < -0.39 is 0 Å². The number of carbonyl (C=O) groups is 1. The molecule has 2 aromatic rings. The van der Waals surface area contributed by atoms with Crippen LogP contribution in [0.3, 0.4) is 0 Å². The van der Waals surface area contributed by atoms with Gasteiger partial charge in [-0.25, -0.2) is 9.78 Å². The molecule has 0 N–H and O–H groups in total. The number of piperidine rings is 1. The quantitative estimate of drug-likeness (QED) is 0.802. The van der Waals surface area contributed by atoms with Crippen LogP contribution in [0.2, 0.25) is 0 Å². The smallest absolute Gasteiger partial charge is 0.338 e. The Hall–Kier alpha value is -2.43. The summed E-state index contributed by atoms with van der Waals surface area (Å²) in [6.45, 7) is 1.33. The average Bonchev–Trinajstić information content (AvgIpc) is 3.15. The predicted molar refractivity (Wildman–Crippen MR) is 95.8 cm³/mol. The van der Waals surface area contributed by atoms with Gasteiger partial charge in [0.1, 0.15) is 12.4 Å². The van der Waals surface area contributed by atoms with E-state index in [1.807, 2.05) is 12.1 Å². The first kappa shape index (κ1) is 16.1. The fraction of sp³-hybridized carbons (Fsp3) is 0.450. The van der Waals surface area contributed by atoms with E-state index in [-0.39, 0.29) is 12.0 Å². The molecule has 0 spiro atoms. The lowest BCUT2D eigenvalue weighted by atomic mass is 10.0. The standard InChI is InChI=1S/C20H23N3O2/c24-20(17-8-7-15-4-3-5-16(15)12-17)25-14-18-6-1-2-11-23(18)19-13-21-9-10-22-19/h7-10,12-13,18H,1-6,11,14H2/t18-/m1/s1. The van der Waals surface area contributed by atoms with Gasteiger partial charge in [0.25, 0.3) is 0 Å². The number of anilines is 1. The van der Waals surface area contributed by atoms with Crippen LogP contribution in [0.5, 0.6) is 0 Å². The number of rotatable bonds is 4. The molecule has 25 heavy (non-hydrogen) atoms. The van der Waals surface area contributed by atoms with Crippen molar-refractivity contribution in [2.24, 2.45) is 0 Å². The molecule has 1 atom stereocenters. The largest absolute Gasteiger partial charge is 0.460 e. The highest BCUT2D eigenvalue weighted by atomic mass is 16.5. The highest BCUT2D eigenvalue weighted by molar-refractivity contribution is 5.89. The van der Waals surface area contributed by atoms with E-state index in [0.29, 0.717) is 12.2 Å². The van der Waals surface area contributed by atoms with E-state index in [9.17, 15) is 4.79 Å². The molecule has 1 aliphatic carbocycles. The van der Waals surface area contributed by atoms with Gasteiger partial charge in [0.05, 0.1) is 17.8 Å². The summed E-state index contributed by atoms with van der Waals surface area (Å²) in [6, 6.07) is 6.15. The Morgan fingerprint density at radius 1 is 1.16 bits per heavy atom. The molecule has 1 fully saturated rings. The lowest BCUT2D eigenvalue weighted by molar-refractivity contribution is 0.0467. The number of esters is 1. The Balaban J connectivity index is 1.41. The molecule has 1 saturated heterocycles. The van der Waals surface area contributed by atoms with E-state index in [2.05, 4.69) is 20.9 Å². The fourth-order valence-corrected chi connectivity index (χ4v) is 3.87. The summed E-state index contributed by atoms with van der Waals surface area (Å²) in [5.74, 6) is 0.639. The lowest BCUT2D eigenvalue weighted by Crippen LogP contribution is -2.43. The number of hydrogen-bond donors (Lipinski definition) is 0. The number of nitrogens with zero attached hydrogens (tertiary/aromatic N) is 3. The third-order valence-electron chi connectivity index (χ3n) is 5.21. The summed E-state index contributed by atoms with van der Waals surface area (Å²) in [6.07, 6.45) is 11.8. The molecule has 1 aromatic carbocycles. The van der Waals surface area contributed by atoms with E-state index in [0.717, 1.165) is 44.5 Å². The van der Waals surface area contributed by atoms with Gasteiger partial charge in [-0.1, -0.05) is 6.07 Å². The van der Waals surface area contributed by atoms with E-state index in [1.54, 1.807) is 18.6 Å². The lowest BCUT2D eigenvalue weighted by Gasteiger charge is -2.35. The van der Waals surface area contributed by atoms with Gasteiger partial charge in [0.2, 0.25) is 0 Å². The first-order valence-corrected chi connectivity index (χ1v) is 9.13. The second-order valence-corrected chi connectivity index (χ2v) is 6.84. The summed E-state index contributed by atoms with van der Waals surface area (Å²) in [7, 11) is 0. The Bertz CT molecular complexity index is 748. The van der Waals surface area contributed by atoms with E-state index in [1.165, 1.54) is 17.5 Å². The molecule has 0 saturated carbocycles. The number of benzene rings is 1. The van der Waals surface area contributed by atoms with Crippen LogP contribution < -0.4 is 4.90 Å². The molecular formula is C20H23N3O2. The monoisotopic (exact) mass is 337 g/mol. The van der Waals surface area contributed by atoms with Crippen LogP contribution in [0.4, 0.5) is 5.82 Å². The first-order chi connectivity index (χ1) is 12.3. The molecule has 5 nitrogen and oxygen atoms in total. The van der Waals surface area contributed by atoms with Crippen molar-refractivity contribution >= 4 is 11.8 Å². The number of fused-ring (bicyclic) bond motifs is 1. The normalized spacial score (nSPS) is 19.5. The maximum atomic E-state index is 12.5. The summed E-state index contributed by atoms with van der Waals surface area (Å²) in [5.41, 5.74) is 3.34. The summed E-state index contributed by atoms with van der Waals surface area (Å²) >= 11 is 0. The minimum absolute atomic E-state index is 0.170. The molecule has 130 valence electrons. The van der Waals surface area contributed by atoms with Crippen LogP contribution in [0.15, 0.2) is 36.8 Å². The molecule has 0 radical (unpaired) electrons. The van der Waals surface area contributed by atoms with Gasteiger partial charge in [-0.05, 0) is 61.8 Å². The zero-order valence-electron chi connectivity index (χ0n) is 14.4. The SMILES string of the molecule is O=C(OC[C@H]1CCCCN1c1cnccn1)c1ccc2c(c1)CCC2. The van der Waals surface area contributed by atoms with Crippen molar-refractivity contribution in [3.8, 4) is 0 Å². The molecule has 0 bridgehead atoms. The Morgan fingerprint density at radius 2 is 2.08 bits per heavy atom. The number of aryl methyl sites for hydroxylation is 2. The average molecular weight is 337 g/mol. The third kappa shape index (κ3) is 3.50. The second kappa shape index (κ2) is 7.21. The highest BCUT2D eigenvalue weighted by Gasteiger charge is 2.25. The summed E-state index contributed by atoms with van der Waals surface area (Å²) in [4.78, 5) is 23.2. The van der Waals surface area contributed by atoms with Crippen LogP contribution in [0.25, 0.3) is 0 Å². The number of aromatic nitrogens is 2. The third-order valence-corrected chi connectivity index (χ3v) is 5.21. The van der Waals surface area contributed by atoms with Crippen molar-refractivity contribution < 1.29 is 9.53 Å². The second-order valence-electron chi connectivity index (χ2n) is 6.84. The van der Waals surface area contributed by atoms with Gasteiger partial charge in [0.15, 0.2) is 0 Å². The molecule has 2 heterocycles. The molecule has 0 amide bonds. The van der Waals surface area contributed by atoms with Gasteiger partial charge in [0, 0.05) is 18.9 Å². The number of carbonyl (C=O) groups excluding carboxylic acids is 1. The zero-order chi connectivity index (χ0) is 17.1. The minimum Gasteiger partial charge on any atom is -0.460 e. The Morgan fingerprint density at radius 3 is 2.96 bits per heavy atom. The molecule has 2 aliphatic rings. The first-order valence-electron chi connectivity index (χ1n) is 9.13. The maximum absolute atomic E-state index is 12.5. The van der Waals surface area contributed by atoms with E-state index >= 15 is 0 Å². The summed E-state index contributed by atoms with van der Waals surface area (Å²) < 4.78 is 5.65. The predicted octanol–water partition coefficient (Wildman–Crippen LogP) is 3.18. The molecule has 4 rings (SSSR count). The van der Waals surface area contributed by atoms with Crippen LogP contribution in [0.1, 0.15) is 47.2 Å². The Kier molecular flexibility index (Phi) is 4.63. The van der Waals surface area contributed by atoms with Gasteiger partial charge in [-0.15, -0.1) is 0 Å². The highest BCUT2D eigenvalue weighted by Crippen LogP contribution is 2.25. The van der Waals surface area contributed by atoms with Crippen molar-refractivity contribution in [1.82, 2.24) is 9.97 Å². The number of ether oxygens (including phenoxy) is 1. The van der Waals surface area contributed by atoms with Gasteiger partial charge >= 0.3 is 5.97 Å². The van der Waals surface area contributed by atoms with Crippen LogP contribution in [-0.4, -0.2) is 35.1 Å². The zero-order valence-corrected chi connectivity index (χ0v) is 14.4. The fourth-order valence-electron chi connectivity index (χ4n) is 3.87. The van der Waals surface area contributed by atoms with Crippen molar-refractivity contribution in [2.75, 3.05) is 18.1 Å². The van der Waals surface area contributed by atoms with Gasteiger partial charge < -0.3 is 9.64 Å². The van der Waals surface area contributed by atoms with Crippen molar-refractivity contribution in [2.45, 2.75) is 44.6 Å². The topological polar surface area (TPSA) is 55.3 Å². The maximum Gasteiger partial charge on any atom is 0.338 e. The van der Waals surface area contributed by atoms with Crippen LogP contribution in [0, 0.1) is 0 Å².